The second-order valence-corrected chi connectivity index (χ2v) is 5.31. The lowest BCUT2D eigenvalue weighted by Crippen LogP contribution is -2.03. The lowest BCUT2D eigenvalue weighted by Gasteiger charge is -2.14. The van der Waals surface area contributed by atoms with E-state index in [1.807, 2.05) is 19.1 Å². The SMILES string of the molecule is C=Cc1cc(/C(C=N)=C(C)/C(C)=N/O)cc(N)c1CCCC. The van der Waals surface area contributed by atoms with Crippen molar-refractivity contribution in [3.05, 3.63) is 41.0 Å². The van der Waals surface area contributed by atoms with Gasteiger partial charge in [0.05, 0.1) is 5.71 Å². The van der Waals surface area contributed by atoms with E-state index in [2.05, 4.69) is 18.7 Å². The highest BCUT2D eigenvalue weighted by atomic mass is 16.4. The largest absolute Gasteiger partial charge is 0.411 e. The molecule has 0 aliphatic heterocycles. The molecular formula is C18H25N3O. The monoisotopic (exact) mass is 299 g/mol. The molecule has 0 atom stereocenters. The molecule has 0 aliphatic rings. The molecule has 118 valence electrons. The molecule has 1 aromatic rings. The van der Waals surface area contributed by atoms with E-state index >= 15 is 0 Å². The molecule has 0 heterocycles. The lowest BCUT2D eigenvalue weighted by atomic mass is 9.92. The number of nitrogen functional groups attached to an aromatic ring is 1. The van der Waals surface area contributed by atoms with Crippen LogP contribution in [0.4, 0.5) is 5.69 Å². The zero-order valence-corrected chi connectivity index (χ0v) is 13.6. The first-order chi connectivity index (χ1) is 10.5. The molecule has 0 aromatic heterocycles. The van der Waals surface area contributed by atoms with Crippen molar-refractivity contribution < 1.29 is 5.21 Å². The van der Waals surface area contributed by atoms with Crippen molar-refractivity contribution in [1.29, 1.82) is 5.41 Å². The van der Waals surface area contributed by atoms with Gasteiger partial charge in [-0.3, -0.25) is 0 Å². The van der Waals surface area contributed by atoms with Crippen LogP contribution < -0.4 is 5.73 Å². The highest BCUT2D eigenvalue weighted by Gasteiger charge is 2.12. The molecule has 4 nitrogen and oxygen atoms in total. The van der Waals surface area contributed by atoms with Crippen molar-refractivity contribution in [2.45, 2.75) is 40.0 Å². The van der Waals surface area contributed by atoms with Gasteiger partial charge in [-0.2, -0.15) is 0 Å². The predicted octanol–water partition coefficient (Wildman–Crippen LogP) is 4.53. The third-order valence-electron chi connectivity index (χ3n) is 3.87. The van der Waals surface area contributed by atoms with Crippen molar-refractivity contribution in [3.63, 3.8) is 0 Å². The van der Waals surface area contributed by atoms with Crippen molar-refractivity contribution >= 4 is 29.3 Å². The molecule has 0 radical (unpaired) electrons. The van der Waals surface area contributed by atoms with Gasteiger partial charge in [0.1, 0.15) is 0 Å². The number of nitrogens with one attached hydrogen (secondary N) is 1. The highest BCUT2D eigenvalue weighted by molar-refractivity contribution is 6.19. The van der Waals surface area contributed by atoms with Crippen molar-refractivity contribution in [1.82, 2.24) is 0 Å². The smallest absolute Gasteiger partial charge is 0.0800 e. The fourth-order valence-electron chi connectivity index (χ4n) is 2.38. The maximum Gasteiger partial charge on any atom is 0.0800 e. The van der Waals surface area contributed by atoms with Gasteiger partial charge in [-0.1, -0.05) is 31.2 Å². The number of hydrogen-bond acceptors (Lipinski definition) is 4. The zero-order chi connectivity index (χ0) is 16.7. The summed E-state index contributed by atoms with van der Waals surface area (Å²) < 4.78 is 0. The Hall–Kier alpha value is -2.36. The van der Waals surface area contributed by atoms with E-state index in [0.29, 0.717) is 17.0 Å². The van der Waals surface area contributed by atoms with E-state index in [1.165, 1.54) is 6.21 Å². The molecule has 22 heavy (non-hydrogen) atoms. The number of nitrogens with two attached hydrogens (primary N) is 1. The van der Waals surface area contributed by atoms with Gasteiger partial charge >= 0.3 is 0 Å². The van der Waals surface area contributed by atoms with Gasteiger partial charge < -0.3 is 16.4 Å². The highest BCUT2D eigenvalue weighted by Crippen LogP contribution is 2.28. The van der Waals surface area contributed by atoms with E-state index in [1.54, 1.807) is 13.0 Å². The molecule has 0 spiro atoms. The Kier molecular flexibility index (Phi) is 6.57. The van der Waals surface area contributed by atoms with Gasteiger partial charge in [0.15, 0.2) is 0 Å². The molecular weight excluding hydrogens is 274 g/mol. The Labute approximate surface area is 132 Å². The molecule has 4 heteroatoms. The normalized spacial score (nSPS) is 12.8. The summed E-state index contributed by atoms with van der Waals surface area (Å²) in [6, 6.07) is 3.87. The van der Waals surface area contributed by atoms with Crippen molar-refractivity contribution in [3.8, 4) is 0 Å². The van der Waals surface area contributed by atoms with Crippen molar-refractivity contribution in [2.24, 2.45) is 5.16 Å². The third-order valence-corrected chi connectivity index (χ3v) is 3.87. The minimum Gasteiger partial charge on any atom is -0.411 e. The van der Waals surface area contributed by atoms with Crippen LogP contribution in [-0.4, -0.2) is 17.1 Å². The number of oxime groups is 1. The van der Waals surface area contributed by atoms with Gasteiger partial charge in [0.25, 0.3) is 0 Å². The summed E-state index contributed by atoms with van der Waals surface area (Å²) in [4.78, 5) is 0. The maximum atomic E-state index is 8.93. The number of nitrogens with zero attached hydrogens (tertiary/aromatic N) is 1. The molecule has 0 saturated heterocycles. The molecule has 0 bridgehead atoms. The number of hydrogen-bond donors (Lipinski definition) is 3. The topological polar surface area (TPSA) is 82.5 Å². The van der Waals surface area contributed by atoms with Gasteiger partial charge in [-0.05, 0) is 61.1 Å². The Bertz CT molecular complexity index is 627. The average Bonchev–Trinajstić information content (AvgIpc) is 2.53. The average molecular weight is 299 g/mol. The fourth-order valence-corrected chi connectivity index (χ4v) is 2.38. The molecule has 0 saturated carbocycles. The standard InChI is InChI=1S/C18H25N3O/c1-5-7-8-16-14(6-2)9-15(10-18(16)20)17(11-19)12(3)13(4)21-22/h6,9-11,19,22H,2,5,7-8,20H2,1,3-4H3/b17-12+,19-11?,21-13+. The number of unbranched alkanes of at least 4 members (excludes halogenated alkanes) is 1. The van der Waals surface area contributed by atoms with Crippen LogP contribution in [0.25, 0.3) is 11.6 Å². The van der Waals surface area contributed by atoms with E-state index in [9.17, 15) is 0 Å². The van der Waals surface area contributed by atoms with Crippen LogP contribution in [0.2, 0.25) is 0 Å². The summed E-state index contributed by atoms with van der Waals surface area (Å²) in [5.74, 6) is 0. The van der Waals surface area contributed by atoms with Crippen LogP contribution in [0.15, 0.2) is 29.4 Å². The van der Waals surface area contributed by atoms with Crippen LogP contribution in [-0.2, 0) is 6.42 Å². The lowest BCUT2D eigenvalue weighted by molar-refractivity contribution is 0.319. The first kappa shape index (κ1) is 17.7. The summed E-state index contributed by atoms with van der Waals surface area (Å²) in [5, 5.41) is 19.8. The molecule has 0 unspecified atom stereocenters. The zero-order valence-electron chi connectivity index (χ0n) is 13.6. The molecule has 0 amide bonds. The summed E-state index contributed by atoms with van der Waals surface area (Å²) >= 11 is 0. The fraction of sp³-hybridized carbons (Fsp3) is 0.333. The summed E-state index contributed by atoms with van der Waals surface area (Å²) in [7, 11) is 0. The molecule has 0 aliphatic carbocycles. The minimum absolute atomic E-state index is 0.479. The van der Waals surface area contributed by atoms with E-state index in [4.69, 9.17) is 16.4 Å². The number of allylic oxidation sites excluding steroid dienone is 2. The van der Waals surface area contributed by atoms with Gasteiger partial charge in [-0.25, -0.2) is 0 Å². The van der Waals surface area contributed by atoms with Crippen LogP contribution >= 0.6 is 0 Å². The summed E-state index contributed by atoms with van der Waals surface area (Å²) in [6.45, 7) is 9.54. The minimum atomic E-state index is 0.479. The molecule has 1 aromatic carbocycles. The first-order valence-electron chi connectivity index (χ1n) is 7.45. The van der Waals surface area contributed by atoms with Crippen LogP contribution in [0.1, 0.15) is 50.3 Å². The van der Waals surface area contributed by atoms with Gasteiger partial charge in [0.2, 0.25) is 0 Å². The summed E-state index contributed by atoms with van der Waals surface area (Å²) in [5.41, 5.74) is 11.8. The van der Waals surface area contributed by atoms with Crippen LogP contribution in [0.5, 0.6) is 0 Å². The van der Waals surface area contributed by atoms with E-state index < -0.39 is 0 Å². The second kappa shape index (κ2) is 8.17. The predicted molar refractivity (Wildman–Crippen MR) is 95.8 cm³/mol. The van der Waals surface area contributed by atoms with Crippen LogP contribution in [0, 0.1) is 5.41 Å². The quantitative estimate of drug-likeness (QED) is 0.299. The number of anilines is 1. The number of rotatable bonds is 7. The van der Waals surface area contributed by atoms with Gasteiger partial charge in [0, 0.05) is 17.5 Å². The Balaban J connectivity index is 3.46. The summed E-state index contributed by atoms with van der Waals surface area (Å²) in [6.07, 6.45) is 6.16. The van der Waals surface area contributed by atoms with Crippen LogP contribution in [0.3, 0.4) is 0 Å². The molecule has 0 fully saturated rings. The Morgan fingerprint density at radius 1 is 1.41 bits per heavy atom. The first-order valence-corrected chi connectivity index (χ1v) is 7.45. The van der Waals surface area contributed by atoms with E-state index in [0.717, 1.165) is 41.5 Å². The van der Waals surface area contributed by atoms with E-state index in [-0.39, 0.29) is 0 Å². The Morgan fingerprint density at radius 3 is 2.59 bits per heavy atom. The second-order valence-electron chi connectivity index (χ2n) is 5.31. The Morgan fingerprint density at radius 2 is 2.09 bits per heavy atom. The van der Waals surface area contributed by atoms with Gasteiger partial charge in [-0.15, -0.1) is 0 Å². The third kappa shape index (κ3) is 3.85. The number of benzene rings is 1. The molecule has 4 N–H and O–H groups in total. The maximum absolute atomic E-state index is 8.93. The van der Waals surface area contributed by atoms with Crippen molar-refractivity contribution in [2.75, 3.05) is 5.73 Å². The molecule has 1 rings (SSSR count).